The summed E-state index contributed by atoms with van der Waals surface area (Å²) in [7, 11) is 0. The number of nitrogen functional groups attached to an aromatic ring is 1. The summed E-state index contributed by atoms with van der Waals surface area (Å²) in [5.41, 5.74) is 8.49. The molecule has 0 amide bonds. The van der Waals surface area contributed by atoms with Crippen molar-refractivity contribution >= 4 is 22.1 Å². The molecule has 3 rings (SSSR count). The second-order valence-electron chi connectivity index (χ2n) is 4.66. The standard InChI is InChI=1S/C14H15N3OS/c15-14-12(13(18)9-4-2-1-3-5-9)10-6-7-17(16)8-11(10)19-14/h1-5H,6-8,15-16H2. The lowest BCUT2D eigenvalue weighted by molar-refractivity contribution is 0.103. The molecular formula is C14H15N3OS. The molecule has 1 aromatic carbocycles. The lowest BCUT2D eigenvalue weighted by Gasteiger charge is -2.22. The van der Waals surface area contributed by atoms with Gasteiger partial charge < -0.3 is 5.73 Å². The van der Waals surface area contributed by atoms with Crippen LogP contribution in [0.1, 0.15) is 26.4 Å². The zero-order valence-electron chi connectivity index (χ0n) is 10.4. The first-order chi connectivity index (χ1) is 9.16. The Morgan fingerprint density at radius 2 is 2.00 bits per heavy atom. The molecule has 0 atom stereocenters. The van der Waals surface area contributed by atoms with E-state index in [9.17, 15) is 4.79 Å². The van der Waals surface area contributed by atoms with Crippen molar-refractivity contribution in [3.63, 3.8) is 0 Å². The average Bonchev–Trinajstić information content (AvgIpc) is 2.74. The molecule has 2 heterocycles. The molecule has 98 valence electrons. The fourth-order valence-corrected chi connectivity index (χ4v) is 3.57. The van der Waals surface area contributed by atoms with E-state index < -0.39 is 0 Å². The lowest BCUT2D eigenvalue weighted by atomic mass is 9.97. The van der Waals surface area contributed by atoms with Crippen molar-refractivity contribution in [3.8, 4) is 0 Å². The van der Waals surface area contributed by atoms with Gasteiger partial charge in [-0.25, -0.2) is 5.01 Å². The van der Waals surface area contributed by atoms with Gasteiger partial charge in [-0.2, -0.15) is 0 Å². The molecule has 5 heteroatoms. The van der Waals surface area contributed by atoms with Crippen molar-refractivity contribution in [2.45, 2.75) is 13.0 Å². The van der Waals surface area contributed by atoms with Crippen LogP contribution in [-0.4, -0.2) is 17.3 Å². The SMILES string of the molecule is Nc1sc2c(c1C(=O)c1ccccc1)CCN(N)C2. The third kappa shape index (κ3) is 2.16. The molecule has 0 saturated heterocycles. The molecule has 0 radical (unpaired) electrons. The Labute approximate surface area is 115 Å². The van der Waals surface area contributed by atoms with E-state index >= 15 is 0 Å². The number of hydrogen-bond donors (Lipinski definition) is 2. The minimum Gasteiger partial charge on any atom is -0.390 e. The first-order valence-electron chi connectivity index (χ1n) is 6.16. The summed E-state index contributed by atoms with van der Waals surface area (Å²) in [6.07, 6.45) is 0.785. The molecule has 0 unspecified atom stereocenters. The number of nitrogens with zero attached hydrogens (tertiary/aromatic N) is 1. The maximum atomic E-state index is 12.6. The van der Waals surface area contributed by atoms with Gasteiger partial charge in [0.05, 0.1) is 10.6 Å². The van der Waals surface area contributed by atoms with E-state index in [1.54, 1.807) is 5.01 Å². The number of anilines is 1. The fourth-order valence-electron chi connectivity index (χ4n) is 2.43. The van der Waals surface area contributed by atoms with Crippen molar-refractivity contribution < 1.29 is 4.79 Å². The van der Waals surface area contributed by atoms with Crippen LogP contribution in [0.25, 0.3) is 0 Å². The average molecular weight is 273 g/mol. The Morgan fingerprint density at radius 1 is 1.26 bits per heavy atom. The van der Waals surface area contributed by atoms with Gasteiger partial charge >= 0.3 is 0 Å². The van der Waals surface area contributed by atoms with Crippen LogP contribution >= 0.6 is 11.3 Å². The molecule has 4 N–H and O–H groups in total. The van der Waals surface area contributed by atoms with E-state index in [0.29, 0.717) is 22.7 Å². The summed E-state index contributed by atoms with van der Waals surface area (Å²) in [6, 6.07) is 9.27. The monoisotopic (exact) mass is 273 g/mol. The summed E-state index contributed by atoms with van der Waals surface area (Å²) in [5, 5.41) is 2.36. The molecule has 1 aliphatic rings. The van der Waals surface area contributed by atoms with Crippen molar-refractivity contribution in [2.75, 3.05) is 12.3 Å². The number of nitrogens with two attached hydrogens (primary N) is 2. The molecule has 4 nitrogen and oxygen atoms in total. The molecule has 2 aromatic rings. The number of rotatable bonds is 2. The fraction of sp³-hybridized carbons (Fsp3) is 0.214. The van der Waals surface area contributed by atoms with Gasteiger partial charge in [0.1, 0.15) is 0 Å². The molecule has 1 aliphatic heterocycles. The minimum absolute atomic E-state index is 0.0149. The van der Waals surface area contributed by atoms with Gasteiger partial charge in [-0.15, -0.1) is 11.3 Å². The third-order valence-corrected chi connectivity index (χ3v) is 4.42. The number of benzene rings is 1. The molecular weight excluding hydrogens is 258 g/mol. The number of ketones is 1. The Hall–Kier alpha value is -1.69. The molecule has 0 bridgehead atoms. The van der Waals surface area contributed by atoms with Gasteiger partial charge in [0.15, 0.2) is 5.78 Å². The quantitative estimate of drug-likeness (QED) is 0.646. The maximum Gasteiger partial charge on any atom is 0.196 e. The number of carbonyl (C=O) groups excluding carboxylic acids is 1. The smallest absolute Gasteiger partial charge is 0.196 e. The summed E-state index contributed by atoms with van der Waals surface area (Å²) in [4.78, 5) is 13.7. The van der Waals surface area contributed by atoms with Gasteiger partial charge in [-0.05, 0) is 12.0 Å². The molecule has 0 spiro atoms. The summed E-state index contributed by atoms with van der Waals surface area (Å²) in [6.45, 7) is 1.44. The molecule has 0 aliphatic carbocycles. The molecule has 0 saturated carbocycles. The van der Waals surface area contributed by atoms with E-state index in [1.165, 1.54) is 11.3 Å². The highest BCUT2D eigenvalue weighted by molar-refractivity contribution is 7.16. The van der Waals surface area contributed by atoms with Crippen LogP contribution in [0.3, 0.4) is 0 Å². The zero-order chi connectivity index (χ0) is 13.4. The predicted molar refractivity (Wildman–Crippen MR) is 76.9 cm³/mol. The second-order valence-corrected chi connectivity index (χ2v) is 5.80. The van der Waals surface area contributed by atoms with Crippen molar-refractivity contribution in [1.29, 1.82) is 0 Å². The highest BCUT2D eigenvalue weighted by Crippen LogP contribution is 2.35. The second kappa shape index (κ2) is 4.77. The number of thiophene rings is 1. The van der Waals surface area contributed by atoms with E-state index in [0.717, 1.165) is 23.4 Å². The molecule has 0 fully saturated rings. The number of hydrogen-bond acceptors (Lipinski definition) is 5. The summed E-state index contributed by atoms with van der Waals surface area (Å²) in [5.74, 6) is 5.83. The van der Waals surface area contributed by atoms with Crippen molar-refractivity contribution in [1.82, 2.24) is 5.01 Å². The Morgan fingerprint density at radius 3 is 2.74 bits per heavy atom. The summed E-state index contributed by atoms with van der Waals surface area (Å²) >= 11 is 1.48. The Kier molecular flexibility index (Phi) is 3.10. The van der Waals surface area contributed by atoms with E-state index in [4.69, 9.17) is 11.6 Å². The largest absolute Gasteiger partial charge is 0.390 e. The highest BCUT2D eigenvalue weighted by Gasteiger charge is 2.26. The lowest BCUT2D eigenvalue weighted by Crippen LogP contribution is -2.35. The van der Waals surface area contributed by atoms with E-state index in [-0.39, 0.29) is 5.78 Å². The number of carbonyl (C=O) groups is 1. The van der Waals surface area contributed by atoms with Crippen LogP contribution in [0, 0.1) is 0 Å². The highest BCUT2D eigenvalue weighted by atomic mass is 32.1. The number of hydrazine groups is 1. The maximum absolute atomic E-state index is 12.6. The van der Waals surface area contributed by atoms with Gasteiger partial charge in [0, 0.05) is 23.5 Å². The topological polar surface area (TPSA) is 72.4 Å². The Balaban J connectivity index is 2.04. The number of fused-ring (bicyclic) bond motifs is 1. The summed E-state index contributed by atoms with van der Waals surface area (Å²) < 4.78 is 0. The first-order valence-corrected chi connectivity index (χ1v) is 6.98. The van der Waals surface area contributed by atoms with Crippen molar-refractivity contribution in [2.24, 2.45) is 5.84 Å². The molecule has 1 aromatic heterocycles. The minimum atomic E-state index is 0.0149. The van der Waals surface area contributed by atoms with E-state index in [1.807, 2.05) is 30.3 Å². The normalized spacial score (nSPS) is 15.2. The van der Waals surface area contributed by atoms with Crippen molar-refractivity contribution in [3.05, 3.63) is 51.9 Å². The Bertz CT molecular complexity index is 621. The van der Waals surface area contributed by atoms with Gasteiger partial charge in [0.2, 0.25) is 0 Å². The van der Waals surface area contributed by atoms with Crippen LogP contribution < -0.4 is 11.6 Å². The van der Waals surface area contributed by atoms with Gasteiger partial charge in [0.25, 0.3) is 0 Å². The van der Waals surface area contributed by atoms with Crippen LogP contribution in [-0.2, 0) is 13.0 Å². The van der Waals surface area contributed by atoms with Crippen LogP contribution in [0.2, 0.25) is 0 Å². The van der Waals surface area contributed by atoms with Crippen LogP contribution in [0.4, 0.5) is 5.00 Å². The molecule has 19 heavy (non-hydrogen) atoms. The van der Waals surface area contributed by atoms with Crippen LogP contribution in [0.15, 0.2) is 30.3 Å². The van der Waals surface area contributed by atoms with Gasteiger partial charge in [-0.1, -0.05) is 30.3 Å². The van der Waals surface area contributed by atoms with Crippen LogP contribution in [0.5, 0.6) is 0 Å². The predicted octanol–water partition coefficient (Wildman–Crippen LogP) is 1.79. The first kappa shape index (κ1) is 12.3. The van der Waals surface area contributed by atoms with E-state index in [2.05, 4.69) is 0 Å². The third-order valence-electron chi connectivity index (χ3n) is 3.38. The zero-order valence-corrected chi connectivity index (χ0v) is 11.2. The van der Waals surface area contributed by atoms with Gasteiger partial charge in [-0.3, -0.25) is 10.6 Å².